The Kier molecular flexibility index (Phi) is 5.61. The number of anilines is 3. The Morgan fingerprint density at radius 3 is 2.08 bits per heavy atom. The topological polar surface area (TPSA) is 63.2 Å². The van der Waals surface area contributed by atoms with Crippen molar-refractivity contribution in [2.75, 3.05) is 17.7 Å². The number of nitrogens with zero attached hydrogens (tertiary/aromatic N) is 1. The molecule has 26 heavy (non-hydrogen) atoms. The molecule has 1 aromatic heterocycles. The second-order valence-electron chi connectivity index (χ2n) is 5.35. The van der Waals surface area contributed by atoms with Crippen LogP contribution in [0.1, 0.15) is 10.5 Å². The number of nitrogens with one attached hydrogen (secondary N) is 2. The molecule has 0 fully saturated rings. The van der Waals surface area contributed by atoms with Crippen LogP contribution in [0.2, 0.25) is 10.2 Å². The molecule has 1 amide bonds. The van der Waals surface area contributed by atoms with E-state index in [1.165, 1.54) is 12.1 Å². The maximum absolute atomic E-state index is 12.3. The lowest BCUT2D eigenvalue weighted by Crippen LogP contribution is -2.14. The van der Waals surface area contributed by atoms with Crippen LogP contribution in [0.25, 0.3) is 0 Å². The van der Waals surface area contributed by atoms with Gasteiger partial charge in [-0.05, 0) is 60.7 Å². The van der Waals surface area contributed by atoms with Crippen LogP contribution in [0.4, 0.5) is 17.1 Å². The van der Waals surface area contributed by atoms with Crippen molar-refractivity contribution < 1.29 is 9.53 Å². The van der Waals surface area contributed by atoms with E-state index in [1.54, 1.807) is 19.2 Å². The van der Waals surface area contributed by atoms with E-state index in [-0.39, 0.29) is 15.9 Å². The Labute approximate surface area is 160 Å². The van der Waals surface area contributed by atoms with Crippen LogP contribution < -0.4 is 15.4 Å². The van der Waals surface area contributed by atoms with Crippen molar-refractivity contribution in [3.63, 3.8) is 0 Å². The van der Waals surface area contributed by atoms with E-state index in [2.05, 4.69) is 15.6 Å². The third kappa shape index (κ3) is 4.45. The van der Waals surface area contributed by atoms with Crippen molar-refractivity contribution in [3.05, 3.63) is 76.5 Å². The summed E-state index contributed by atoms with van der Waals surface area (Å²) in [6, 6.07) is 17.9. The number of carbonyl (C=O) groups is 1. The fourth-order valence-corrected chi connectivity index (χ4v) is 2.58. The molecule has 0 saturated carbocycles. The van der Waals surface area contributed by atoms with Crippen molar-refractivity contribution in [2.45, 2.75) is 0 Å². The Balaban J connectivity index is 1.67. The van der Waals surface area contributed by atoms with E-state index in [4.69, 9.17) is 27.9 Å². The Hall–Kier alpha value is -2.76. The number of benzene rings is 2. The Bertz CT molecular complexity index is 913. The van der Waals surface area contributed by atoms with E-state index in [1.807, 2.05) is 36.4 Å². The largest absolute Gasteiger partial charge is 0.497 e. The van der Waals surface area contributed by atoms with Gasteiger partial charge in [0.25, 0.3) is 5.91 Å². The van der Waals surface area contributed by atoms with Gasteiger partial charge in [-0.1, -0.05) is 23.2 Å². The lowest BCUT2D eigenvalue weighted by molar-refractivity contribution is 0.102. The standard InChI is InChI=1S/C19H15Cl2N3O2/c1-26-15-8-6-13(7-9-15)22-12-2-4-14(5-3-12)23-19(25)18-16(20)10-11-17(21)24-18/h2-11,22H,1H3,(H,23,25). The number of hydrogen-bond acceptors (Lipinski definition) is 4. The molecule has 2 aromatic carbocycles. The Morgan fingerprint density at radius 1 is 0.885 bits per heavy atom. The summed E-state index contributed by atoms with van der Waals surface area (Å²) in [6.45, 7) is 0. The summed E-state index contributed by atoms with van der Waals surface area (Å²) in [6.07, 6.45) is 0. The molecule has 5 nitrogen and oxygen atoms in total. The quantitative estimate of drug-likeness (QED) is 0.575. The van der Waals surface area contributed by atoms with E-state index in [9.17, 15) is 4.79 Å². The number of ether oxygens (including phenoxy) is 1. The molecule has 0 aliphatic carbocycles. The number of pyridine rings is 1. The zero-order valence-corrected chi connectivity index (χ0v) is 15.3. The summed E-state index contributed by atoms with van der Waals surface area (Å²) in [5, 5.41) is 6.46. The highest BCUT2D eigenvalue weighted by atomic mass is 35.5. The van der Waals surface area contributed by atoms with Crippen LogP contribution in [0.3, 0.4) is 0 Å². The van der Waals surface area contributed by atoms with Gasteiger partial charge in [-0.25, -0.2) is 4.98 Å². The number of hydrogen-bond donors (Lipinski definition) is 2. The number of amides is 1. The van der Waals surface area contributed by atoms with E-state index < -0.39 is 5.91 Å². The first kappa shape index (κ1) is 18.0. The molecule has 0 spiro atoms. The van der Waals surface area contributed by atoms with Crippen LogP contribution in [0, 0.1) is 0 Å². The summed E-state index contributed by atoms with van der Waals surface area (Å²) in [5.74, 6) is 0.371. The van der Waals surface area contributed by atoms with E-state index in [0.29, 0.717) is 5.69 Å². The lowest BCUT2D eigenvalue weighted by Gasteiger charge is -2.10. The molecule has 1 heterocycles. The smallest absolute Gasteiger partial charge is 0.275 e. The Morgan fingerprint density at radius 2 is 1.46 bits per heavy atom. The summed E-state index contributed by atoms with van der Waals surface area (Å²) < 4.78 is 5.13. The molecule has 7 heteroatoms. The van der Waals surface area contributed by atoms with Crippen LogP contribution >= 0.6 is 23.2 Å². The average molecular weight is 388 g/mol. The molecule has 3 aromatic rings. The number of aromatic nitrogens is 1. The molecule has 0 unspecified atom stereocenters. The fraction of sp³-hybridized carbons (Fsp3) is 0.0526. The average Bonchev–Trinajstić information content (AvgIpc) is 2.66. The highest BCUT2D eigenvalue weighted by Crippen LogP contribution is 2.22. The molecule has 0 aliphatic rings. The predicted octanol–water partition coefficient (Wildman–Crippen LogP) is 5.39. The summed E-state index contributed by atoms with van der Waals surface area (Å²) in [5.41, 5.74) is 2.51. The number of rotatable bonds is 5. The second kappa shape index (κ2) is 8.08. The molecular weight excluding hydrogens is 373 g/mol. The summed E-state index contributed by atoms with van der Waals surface area (Å²) >= 11 is 11.8. The van der Waals surface area contributed by atoms with Crippen LogP contribution in [-0.2, 0) is 0 Å². The van der Waals surface area contributed by atoms with Crippen LogP contribution in [0.5, 0.6) is 5.75 Å². The first-order valence-corrected chi connectivity index (χ1v) is 8.45. The van der Waals surface area contributed by atoms with Gasteiger partial charge in [0.1, 0.15) is 16.6 Å². The van der Waals surface area contributed by atoms with Gasteiger partial charge in [0.2, 0.25) is 0 Å². The molecule has 0 atom stereocenters. The van der Waals surface area contributed by atoms with Crippen molar-refractivity contribution >= 4 is 46.2 Å². The minimum Gasteiger partial charge on any atom is -0.497 e. The molecule has 132 valence electrons. The van der Waals surface area contributed by atoms with Gasteiger partial charge in [0.05, 0.1) is 12.1 Å². The highest BCUT2D eigenvalue weighted by molar-refractivity contribution is 6.35. The zero-order chi connectivity index (χ0) is 18.5. The minimum atomic E-state index is -0.423. The third-order valence-electron chi connectivity index (χ3n) is 3.55. The molecule has 0 aliphatic heterocycles. The normalized spacial score (nSPS) is 10.3. The summed E-state index contributed by atoms with van der Waals surface area (Å²) in [7, 11) is 1.63. The van der Waals surface area contributed by atoms with Gasteiger partial charge in [-0.3, -0.25) is 4.79 Å². The van der Waals surface area contributed by atoms with E-state index in [0.717, 1.165) is 17.1 Å². The molecule has 0 bridgehead atoms. The first-order chi connectivity index (χ1) is 12.5. The van der Waals surface area contributed by atoms with Gasteiger partial charge in [-0.15, -0.1) is 0 Å². The van der Waals surface area contributed by atoms with Gasteiger partial charge < -0.3 is 15.4 Å². The molecule has 0 saturated heterocycles. The fourth-order valence-electron chi connectivity index (χ4n) is 2.25. The molecule has 3 rings (SSSR count). The molecule has 2 N–H and O–H groups in total. The van der Waals surface area contributed by atoms with Gasteiger partial charge >= 0.3 is 0 Å². The van der Waals surface area contributed by atoms with E-state index >= 15 is 0 Å². The van der Waals surface area contributed by atoms with Crippen molar-refractivity contribution in [1.82, 2.24) is 4.98 Å². The maximum Gasteiger partial charge on any atom is 0.275 e. The van der Waals surface area contributed by atoms with Gasteiger partial charge in [0, 0.05) is 17.1 Å². The van der Waals surface area contributed by atoms with Crippen molar-refractivity contribution in [2.24, 2.45) is 0 Å². The third-order valence-corrected chi connectivity index (χ3v) is 4.06. The number of carbonyl (C=O) groups excluding carboxylic acids is 1. The lowest BCUT2D eigenvalue weighted by atomic mass is 10.2. The van der Waals surface area contributed by atoms with Crippen molar-refractivity contribution in [3.8, 4) is 5.75 Å². The number of methoxy groups -OCH3 is 1. The highest BCUT2D eigenvalue weighted by Gasteiger charge is 2.13. The van der Waals surface area contributed by atoms with Crippen LogP contribution in [0.15, 0.2) is 60.7 Å². The van der Waals surface area contributed by atoms with Gasteiger partial charge in [-0.2, -0.15) is 0 Å². The van der Waals surface area contributed by atoms with Crippen molar-refractivity contribution in [1.29, 1.82) is 0 Å². The predicted molar refractivity (Wildman–Crippen MR) is 105 cm³/mol. The van der Waals surface area contributed by atoms with Gasteiger partial charge in [0.15, 0.2) is 0 Å². The molecular formula is C19H15Cl2N3O2. The van der Waals surface area contributed by atoms with Crippen LogP contribution in [-0.4, -0.2) is 18.0 Å². The summed E-state index contributed by atoms with van der Waals surface area (Å²) in [4.78, 5) is 16.2. The molecule has 0 radical (unpaired) electrons. The number of halogens is 2. The minimum absolute atomic E-state index is 0.0830. The SMILES string of the molecule is COc1ccc(Nc2ccc(NC(=O)c3nc(Cl)ccc3Cl)cc2)cc1. The second-order valence-corrected chi connectivity index (χ2v) is 6.14. The zero-order valence-electron chi connectivity index (χ0n) is 13.8. The monoisotopic (exact) mass is 387 g/mol. The first-order valence-electron chi connectivity index (χ1n) is 7.70. The maximum atomic E-state index is 12.3.